The first-order chi connectivity index (χ1) is 10.1. The molecule has 1 heterocycles. The van der Waals surface area contributed by atoms with E-state index in [2.05, 4.69) is 15.9 Å². The Morgan fingerprint density at radius 2 is 1.90 bits per heavy atom. The molecule has 0 radical (unpaired) electrons. The monoisotopic (exact) mass is 345 g/mol. The van der Waals surface area contributed by atoms with Crippen molar-refractivity contribution in [3.8, 4) is 0 Å². The highest BCUT2D eigenvalue weighted by Gasteiger charge is 2.30. The van der Waals surface area contributed by atoms with E-state index in [1.165, 1.54) is 0 Å². The molecule has 2 amide bonds. The fourth-order valence-electron chi connectivity index (χ4n) is 2.54. The van der Waals surface area contributed by atoms with Crippen LogP contribution in [-0.2, 0) is 6.54 Å². The number of benzene rings is 2. The largest absolute Gasteiger partial charge is 0.397 e. The molecule has 4 nitrogen and oxygen atoms in total. The minimum atomic E-state index is 0.00729. The standard InChI is InChI=1S/C16H16BrN3O/c17-13-5-3-4-12(10-13)11-19-8-9-20(16(19)21)15-7-2-1-6-14(15)18/h1-7,10H,8-9,11,18H2. The maximum Gasteiger partial charge on any atom is 0.324 e. The van der Waals surface area contributed by atoms with Gasteiger partial charge in [-0.15, -0.1) is 0 Å². The number of rotatable bonds is 3. The van der Waals surface area contributed by atoms with Gasteiger partial charge < -0.3 is 10.6 Å². The SMILES string of the molecule is Nc1ccccc1N1CCN(Cc2cccc(Br)c2)C1=O. The molecule has 0 atom stereocenters. The van der Waals surface area contributed by atoms with Crippen LogP contribution in [0.5, 0.6) is 0 Å². The van der Waals surface area contributed by atoms with Crippen LogP contribution in [0.15, 0.2) is 53.0 Å². The van der Waals surface area contributed by atoms with Gasteiger partial charge in [0.2, 0.25) is 0 Å². The van der Waals surface area contributed by atoms with Crippen LogP contribution in [0.4, 0.5) is 16.2 Å². The van der Waals surface area contributed by atoms with Crippen molar-refractivity contribution in [3.63, 3.8) is 0 Å². The van der Waals surface area contributed by atoms with E-state index in [1.807, 2.05) is 53.4 Å². The molecule has 0 unspecified atom stereocenters. The Morgan fingerprint density at radius 1 is 1.10 bits per heavy atom. The Bertz CT molecular complexity index is 674. The van der Waals surface area contributed by atoms with Gasteiger partial charge in [-0.25, -0.2) is 4.79 Å². The van der Waals surface area contributed by atoms with E-state index >= 15 is 0 Å². The number of urea groups is 1. The minimum Gasteiger partial charge on any atom is -0.397 e. The van der Waals surface area contributed by atoms with Crippen molar-refractivity contribution >= 4 is 33.3 Å². The molecule has 0 aliphatic carbocycles. The smallest absolute Gasteiger partial charge is 0.324 e. The van der Waals surface area contributed by atoms with Crippen LogP contribution in [0.25, 0.3) is 0 Å². The molecule has 0 aromatic heterocycles. The predicted molar refractivity (Wildman–Crippen MR) is 88.1 cm³/mol. The number of nitrogens with two attached hydrogens (primary N) is 1. The molecule has 0 spiro atoms. The zero-order valence-electron chi connectivity index (χ0n) is 11.5. The lowest BCUT2D eigenvalue weighted by atomic mass is 10.2. The van der Waals surface area contributed by atoms with Crippen molar-refractivity contribution in [2.24, 2.45) is 0 Å². The fraction of sp³-hybridized carbons (Fsp3) is 0.188. The van der Waals surface area contributed by atoms with Gasteiger partial charge in [-0.1, -0.05) is 40.2 Å². The van der Waals surface area contributed by atoms with E-state index in [1.54, 1.807) is 4.90 Å². The third kappa shape index (κ3) is 2.88. The van der Waals surface area contributed by atoms with Crippen LogP contribution < -0.4 is 10.6 Å². The van der Waals surface area contributed by atoms with E-state index in [4.69, 9.17) is 5.73 Å². The van der Waals surface area contributed by atoms with Crippen molar-refractivity contribution in [2.45, 2.75) is 6.54 Å². The molecule has 5 heteroatoms. The number of nitrogen functional groups attached to an aromatic ring is 1. The quantitative estimate of drug-likeness (QED) is 0.865. The Hall–Kier alpha value is -2.01. The van der Waals surface area contributed by atoms with Crippen molar-refractivity contribution in [1.29, 1.82) is 0 Å². The molecule has 1 aliphatic rings. The molecule has 1 saturated heterocycles. The van der Waals surface area contributed by atoms with Crippen LogP contribution in [-0.4, -0.2) is 24.0 Å². The maximum absolute atomic E-state index is 12.5. The minimum absolute atomic E-state index is 0.00729. The number of nitrogens with zero attached hydrogens (tertiary/aromatic N) is 2. The van der Waals surface area contributed by atoms with Gasteiger partial charge in [0.25, 0.3) is 0 Å². The zero-order valence-corrected chi connectivity index (χ0v) is 13.1. The van der Waals surface area contributed by atoms with E-state index in [9.17, 15) is 4.79 Å². The summed E-state index contributed by atoms with van der Waals surface area (Å²) >= 11 is 3.45. The zero-order chi connectivity index (χ0) is 14.8. The molecular formula is C16H16BrN3O. The predicted octanol–water partition coefficient (Wildman–Crippen LogP) is 3.47. The number of anilines is 2. The van der Waals surface area contributed by atoms with Gasteiger partial charge in [-0.3, -0.25) is 4.90 Å². The number of carbonyl (C=O) groups excluding carboxylic acids is 1. The number of halogens is 1. The molecule has 2 N–H and O–H groups in total. The molecule has 21 heavy (non-hydrogen) atoms. The summed E-state index contributed by atoms with van der Waals surface area (Å²) in [5, 5.41) is 0. The second-order valence-electron chi connectivity index (χ2n) is 5.04. The molecule has 0 saturated carbocycles. The maximum atomic E-state index is 12.5. The van der Waals surface area contributed by atoms with Gasteiger partial charge >= 0.3 is 6.03 Å². The van der Waals surface area contributed by atoms with Crippen LogP contribution in [0.1, 0.15) is 5.56 Å². The summed E-state index contributed by atoms with van der Waals surface area (Å²) in [6.45, 7) is 1.99. The normalized spacial score (nSPS) is 14.8. The highest BCUT2D eigenvalue weighted by molar-refractivity contribution is 9.10. The second-order valence-corrected chi connectivity index (χ2v) is 5.96. The third-order valence-corrected chi connectivity index (χ3v) is 4.08. The van der Waals surface area contributed by atoms with Gasteiger partial charge in [-0.2, -0.15) is 0 Å². The fourth-order valence-corrected chi connectivity index (χ4v) is 2.99. The van der Waals surface area contributed by atoms with Crippen molar-refractivity contribution in [3.05, 3.63) is 58.6 Å². The molecule has 1 aliphatic heterocycles. The summed E-state index contributed by atoms with van der Waals surface area (Å²) in [5.41, 5.74) is 8.50. The number of carbonyl (C=O) groups is 1. The molecule has 108 valence electrons. The summed E-state index contributed by atoms with van der Waals surface area (Å²) < 4.78 is 1.02. The van der Waals surface area contributed by atoms with Crippen LogP contribution in [0, 0.1) is 0 Å². The first kappa shape index (κ1) is 13.9. The first-order valence-corrected chi connectivity index (χ1v) is 7.60. The summed E-state index contributed by atoms with van der Waals surface area (Å²) in [4.78, 5) is 16.1. The van der Waals surface area contributed by atoms with E-state index in [0.717, 1.165) is 15.7 Å². The topological polar surface area (TPSA) is 49.6 Å². The van der Waals surface area contributed by atoms with Crippen LogP contribution in [0.2, 0.25) is 0 Å². The van der Waals surface area contributed by atoms with E-state index < -0.39 is 0 Å². The molecule has 2 aromatic rings. The summed E-state index contributed by atoms with van der Waals surface area (Å²) in [5.74, 6) is 0. The van der Waals surface area contributed by atoms with Gasteiger partial charge in [0, 0.05) is 24.1 Å². The number of hydrogen-bond acceptors (Lipinski definition) is 2. The molecular weight excluding hydrogens is 330 g/mol. The Labute approximate surface area is 132 Å². The Morgan fingerprint density at radius 3 is 2.67 bits per heavy atom. The third-order valence-electron chi connectivity index (χ3n) is 3.58. The summed E-state index contributed by atoms with van der Waals surface area (Å²) in [7, 11) is 0. The second kappa shape index (κ2) is 5.77. The molecule has 3 rings (SSSR count). The number of amides is 2. The summed E-state index contributed by atoms with van der Waals surface area (Å²) in [6, 6.07) is 15.5. The molecule has 1 fully saturated rings. The summed E-state index contributed by atoms with van der Waals surface area (Å²) in [6.07, 6.45) is 0. The lowest BCUT2D eigenvalue weighted by molar-refractivity contribution is 0.219. The van der Waals surface area contributed by atoms with Gasteiger partial charge in [0.1, 0.15) is 0 Å². The lowest BCUT2D eigenvalue weighted by Crippen LogP contribution is -2.31. The molecule has 0 bridgehead atoms. The first-order valence-electron chi connectivity index (χ1n) is 6.80. The number of para-hydroxylation sites is 2. The average Bonchev–Trinajstić information content (AvgIpc) is 2.81. The van der Waals surface area contributed by atoms with Gasteiger partial charge in [0.05, 0.1) is 11.4 Å². The van der Waals surface area contributed by atoms with Crippen LogP contribution in [0.3, 0.4) is 0 Å². The Kier molecular flexibility index (Phi) is 3.84. The van der Waals surface area contributed by atoms with Gasteiger partial charge in [0.15, 0.2) is 0 Å². The van der Waals surface area contributed by atoms with Crippen LogP contribution >= 0.6 is 15.9 Å². The van der Waals surface area contributed by atoms with E-state index in [0.29, 0.717) is 25.3 Å². The van der Waals surface area contributed by atoms with E-state index in [-0.39, 0.29) is 6.03 Å². The Balaban J connectivity index is 1.76. The highest BCUT2D eigenvalue weighted by atomic mass is 79.9. The van der Waals surface area contributed by atoms with Gasteiger partial charge in [-0.05, 0) is 29.8 Å². The molecule has 2 aromatic carbocycles. The van der Waals surface area contributed by atoms with Crippen molar-refractivity contribution in [2.75, 3.05) is 23.7 Å². The lowest BCUT2D eigenvalue weighted by Gasteiger charge is -2.20. The average molecular weight is 346 g/mol. The van der Waals surface area contributed by atoms with Crippen molar-refractivity contribution in [1.82, 2.24) is 4.90 Å². The van der Waals surface area contributed by atoms with Crippen molar-refractivity contribution < 1.29 is 4.79 Å². The highest BCUT2D eigenvalue weighted by Crippen LogP contribution is 2.27. The number of hydrogen-bond donors (Lipinski definition) is 1.